The monoisotopic (exact) mass is 442 g/mol. The van der Waals surface area contributed by atoms with E-state index in [-0.39, 0.29) is 28.7 Å². The van der Waals surface area contributed by atoms with Gasteiger partial charge in [0.2, 0.25) is 0 Å². The first-order valence-corrected chi connectivity index (χ1v) is 8.99. The number of hydrogen-bond acceptors (Lipinski definition) is 4. The highest BCUT2D eigenvalue weighted by atomic mass is 127. The SMILES string of the molecule is CCNC(=NCC(C)(C)SC)NCCc1ncc(C)s1.I. The van der Waals surface area contributed by atoms with Gasteiger partial charge in [-0.3, -0.25) is 4.99 Å². The molecule has 0 radical (unpaired) electrons. The number of thioether (sulfide) groups is 1. The van der Waals surface area contributed by atoms with E-state index < -0.39 is 0 Å². The Morgan fingerprint density at radius 2 is 2.14 bits per heavy atom. The number of aryl methyl sites for hydroxylation is 1. The molecule has 1 aromatic rings. The van der Waals surface area contributed by atoms with Crippen LogP contribution in [-0.4, -0.2) is 41.6 Å². The molecule has 0 unspecified atom stereocenters. The van der Waals surface area contributed by atoms with Crippen molar-refractivity contribution in [1.82, 2.24) is 15.6 Å². The van der Waals surface area contributed by atoms with Crippen molar-refractivity contribution in [2.75, 3.05) is 25.9 Å². The van der Waals surface area contributed by atoms with Gasteiger partial charge in [-0.1, -0.05) is 0 Å². The molecule has 0 saturated heterocycles. The molecule has 0 aliphatic heterocycles. The minimum Gasteiger partial charge on any atom is -0.357 e. The highest BCUT2D eigenvalue weighted by Gasteiger charge is 2.15. The zero-order chi connectivity index (χ0) is 15.0. The molecule has 0 bridgehead atoms. The number of aromatic nitrogens is 1. The average Bonchev–Trinajstić information content (AvgIpc) is 2.82. The van der Waals surface area contributed by atoms with Crippen LogP contribution in [0.15, 0.2) is 11.2 Å². The van der Waals surface area contributed by atoms with Crippen molar-refractivity contribution in [2.45, 2.75) is 38.9 Å². The molecule has 0 fully saturated rings. The van der Waals surface area contributed by atoms with Crippen LogP contribution in [0.3, 0.4) is 0 Å². The second kappa shape index (κ2) is 10.7. The Kier molecular flexibility index (Phi) is 10.7. The summed E-state index contributed by atoms with van der Waals surface area (Å²) in [5.41, 5.74) is 0. The molecule has 122 valence electrons. The van der Waals surface area contributed by atoms with E-state index >= 15 is 0 Å². The van der Waals surface area contributed by atoms with Crippen LogP contribution in [0.4, 0.5) is 0 Å². The van der Waals surface area contributed by atoms with Gasteiger partial charge in [-0.15, -0.1) is 35.3 Å². The quantitative estimate of drug-likeness (QED) is 0.387. The molecule has 1 rings (SSSR count). The number of guanidine groups is 1. The Balaban J connectivity index is 0.00000400. The third-order valence-electron chi connectivity index (χ3n) is 2.82. The number of halogens is 1. The number of nitrogens with zero attached hydrogens (tertiary/aromatic N) is 2. The number of rotatable bonds is 7. The zero-order valence-corrected chi connectivity index (χ0v) is 17.5. The lowest BCUT2D eigenvalue weighted by Gasteiger charge is -2.20. The van der Waals surface area contributed by atoms with Gasteiger partial charge in [0.15, 0.2) is 5.96 Å². The molecule has 7 heteroatoms. The molecule has 0 atom stereocenters. The van der Waals surface area contributed by atoms with Crippen LogP contribution >= 0.6 is 47.1 Å². The number of nitrogens with one attached hydrogen (secondary N) is 2. The minimum absolute atomic E-state index is 0. The van der Waals surface area contributed by atoms with Crippen molar-refractivity contribution in [3.63, 3.8) is 0 Å². The fourth-order valence-corrected chi connectivity index (χ4v) is 2.46. The van der Waals surface area contributed by atoms with E-state index in [0.29, 0.717) is 0 Å². The summed E-state index contributed by atoms with van der Waals surface area (Å²) in [4.78, 5) is 10.3. The summed E-state index contributed by atoms with van der Waals surface area (Å²) in [5.74, 6) is 0.892. The summed E-state index contributed by atoms with van der Waals surface area (Å²) >= 11 is 3.60. The summed E-state index contributed by atoms with van der Waals surface area (Å²) in [6.45, 7) is 11.1. The van der Waals surface area contributed by atoms with Crippen molar-refractivity contribution < 1.29 is 0 Å². The first-order chi connectivity index (χ1) is 9.46. The van der Waals surface area contributed by atoms with Crippen LogP contribution in [-0.2, 0) is 6.42 Å². The molecule has 4 nitrogen and oxygen atoms in total. The minimum atomic E-state index is 0. The van der Waals surface area contributed by atoms with Crippen LogP contribution in [0.1, 0.15) is 30.7 Å². The van der Waals surface area contributed by atoms with Gasteiger partial charge in [-0.2, -0.15) is 11.8 Å². The molecular weight excluding hydrogens is 415 g/mol. The Labute approximate surface area is 154 Å². The van der Waals surface area contributed by atoms with E-state index in [1.54, 1.807) is 11.3 Å². The fraction of sp³-hybridized carbons (Fsp3) is 0.714. The molecule has 0 aliphatic carbocycles. The van der Waals surface area contributed by atoms with E-state index in [2.05, 4.69) is 54.6 Å². The Hall–Kier alpha value is -0.0200. The van der Waals surface area contributed by atoms with Gasteiger partial charge in [-0.25, -0.2) is 4.98 Å². The highest BCUT2D eigenvalue weighted by Crippen LogP contribution is 2.20. The first-order valence-electron chi connectivity index (χ1n) is 6.95. The molecule has 1 aromatic heterocycles. The van der Waals surface area contributed by atoms with E-state index in [1.165, 1.54) is 9.88 Å². The van der Waals surface area contributed by atoms with Crippen LogP contribution < -0.4 is 10.6 Å². The lowest BCUT2D eigenvalue weighted by molar-refractivity contribution is 0.710. The maximum absolute atomic E-state index is 4.65. The second-order valence-electron chi connectivity index (χ2n) is 5.20. The topological polar surface area (TPSA) is 49.3 Å². The third-order valence-corrected chi connectivity index (χ3v) is 5.02. The maximum atomic E-state index is 4.65. The summed E-state index contributed by atoms with van der Waals surface area (Å²) in [6, 6.07) is 0. The van der Waals surface area contributed by atoms with Gasteiger partial charge < -0.3 is 10.6 Å². The predicted octanol–water partition coefficient (Wildman–Crippen LogP) is 3.31. The molecule has 0 aliphatic rings. The van der Waals surface area contributed by atoms with E-state index in [1.807, 2.05) is 18.0 Å². The number of thiazole rings is 1. The second-order valence-corrected chi connectivity index (χ2v) is 8.03. The molecule has 0 amide bonds. The van der Waals surface area contributed by atoms with Crippen LogP contribution in [0.5, 0.6) is 0 Å². The number of hydrogen-bond donors (Lipinski definition) is 2. The van der Waals surface area contributed by atoms with E-state index in [4.69, 9.17) is 0 Å². The summed E-state index contributed by atoms with van der Waals surface area (Å²) in [6.07, 6.45) is 5.00. The van der Waals surface area contributed by atoms with Gasteiger partial charge >= 0.3 is 0 Å². The fourth-order valence-electron chi connectivity index (χ4n) is 1.48. The van der Waals surface area contributed by atoms with Crippen LogP contribution in [0.25, 0.3) is 0 Å². The molecule has 21 heavy (non-hydrogen) atoms. The van der Waals surface area contributed by atoms with Crippen molar-refractivity contribution >= 4 is 53.0 Å². The average molecular weight is 442 g/mol. The van der Waals surface area contributed by atoms with E-state index in [0.717, 1.165) is 32.0 Å². The highest BCUT2D eigenvalue weighted by molar-refractivity contribution is 14.0. The normalized spacial score (nSPS) is 12.0. The third kappa shape index (κ3) is 8.87. The molecule has 2 N–H and O–H groups in total. The van der Waals surface area contributed by atoms with Crippen molar-refractivity contribution in [1.29, 1.82) is 0 Å². The molecule has 0 aromatic carbocycles. The smallest absolute Gasteiger partial charge is 0.191 e. The van der Waals surface area contributed by atoms with Gasteiger partial charge in [0.25, 0.3) is 0 Å². The van der Waals surface area contributed by atoms with E-state index in [9.17, 15) is 0 Å². The van der Waals surface area contributed by atoms with Gasteiger partial charge in [0.1, 0.15) is 0 Å². The zero-order valence-electron chi connectivity index (χ0n) is 13.5. The predicted molar refractivity (Wildman–Crippen MR) is 108 cm³/mol. The number of aliphatic imine (C=N–C) groups is 1. The maximum Gasteiger partial charge on any atom is 0.191 e. The summed E-state index contributed by atoms with van der Waals surface area (Å²) in [7, 11) is 0. The standard InChI is InChI=1S/C14H26N4S2.HI/c1-6-15-13(18-10-14(3,4)19-5)16-8-7-12-17-9-11(2)20-12;/h9H,6-8,10H2,1-5H3,(H2,15,16,18);1H. The molecule has 0 spiro atoms. The first kappa shape index (κ1) is 21.0. The van der Waals surface area contributed by atoms with Crippen molar-refractivity contribution in [3.8, 4) is 0 Å². The van der Waals surface area contributed by atoms with Gasteiger partial charge in [-0.05, 0) is 34.0 Å². The Morgan fingerprint density at radius 1 is 1.43 bits per heavy atom. The Bertz CT molecular complexity index is 432. The molecule has 1 heterocycles. The Morgan fingerprint density at radius 3 is 2.67 bits per heavy atom. The van der Waals surface area contributed by atoms with Gasteiger partial charge in [0.05, 0.1) is 11.6 Å². The van der Waals surface area contributed by atoms with Crippen molar-refractivity contribution in [2.24, 2.45) is 4.99 Å². The van der Waals surface area contributed by atoms with Crippen LogP contribution in [0.2, 0.25) is 0 Å². The lowest BCUT2D eigenvalue weighted by Crippen LogP contribution is -2.39. The van der Waals surface area contributed by atoms with Gasteiger partial charge in [0, 0.05) is 35.3 Å². The molecular formula is C14H27IN4S2. The largest absolute Gasteiger partial charge is 0.357 e. The molecule has 0 saturated carbocycles. The van der Waals surface area contributed by atoms with Crippen LogP contribution in [0, 0.1) is 6.92 Å². The van der Waals surface area contributed by atoms with Crippen molar-refractivity contribution in [3.05, 3.63) is 16.1 Å². The lowest BCUT2D eigenvalue weighted by atomic mass is 10.2. The summed E-state index contributed by atoms with van der Waals surface area (Å²) in [5, 5.41) is 7.83. The summed E-state index contributed by atoms with van der Waals surface area (Å²) < 4.78 is 0.175.